The standard InChI is InChI=1S/C18H16N4O5S/c1-3-16-19-18(21-20-16)28-15(17(23)24)9-11-7-8-14(27-11)12-5-4-6-13(10(12)2)22(25)26/h4-9H,3H2,1-2H3,(H,23,24)(H,19,20,21)/p-1/b15-9+. The largest absolute Gasteiger partial charge is 0.544 e. The summed E-state index contributed by atoms with van der Waals surface area (Å²) in [7, 11) is 0. The van der Waals surface area contributed by atoms with Crippen LogP contribution < -0.4 is 5.11 Å². The van der Waals surface area contributed by atoms with Gasteiger partial charge in [0.05, 0.1) is 10.9 Å². The smallest absolute Gasteiger partial charge is 0.273 e. The van der Waals surface area contributed by atoms with Crippen LogP contribution >= 0.6 is 11.8 Å². The Hall–Kier alpha value is -3.40. The fraction of sp³-hybridized carbons (Fsp3) is 0.167. The highest BCUT2D eigenvalue weighted by Gasteiger charge is 2.16. The topological polar surface area (TPSA) is 138 Å². The van der Waals surface area contributed by atoms with Crippen LogP contribution in [0.25, 0.3) is 17.4 Å². The number of nitro benzene ring substituents is 1. The quantitative estimate of drug-likeness (QED) is 0.277. The van der Waals surface area contributed by atoms with Crippen molar-refractivity contribution in [3.63, 3.8) is 0 Å². The molecule has 0 saturated carbocycles. The van der Waals surface area contributed by atoms with Crippen molar-refractivity contribution in [1.29, 1.82) is 0 Å². The van der Waals surface area contributed by atoms with Crippen LogP contribution in [0.15, 0.2) is 44.8 Å². The van der Waals surface area contributed by atoms with E-state index >= 15 is 0 Å². The number of nitro groups is 1. The number of carboxylic acid groups (broad SMARTS) is 1. The first-order valence-corrected chi connectivity index (χ1v) is 9.07. The van der Waals surface area contributed by atoms with Crippen molar-refractivity contribution < 1.29 is 19.2 Å². The summed E-state index contributed by atoms with van der Waals surface area (Å²) in [6.45, 7) is 3.52. The average molecular weight is 399 g/mol. The number of rotatable bonds is 7. The summed E-state index contributed by atoms with van der Waals surface area (Å²) >= 11 is 0.839. The van der Waals surface area contributed by atoms with E-state index in [4.69, 9.17) is 4.42 Å². The molecule has 9 nitrogen and oxygen atoms in total. The van der Waals surface area contributed by atoms with Gasteiger partial charge >= 0.3 is 0 Å². The number of carboxylic acids is 1. The number of carbonyl (C=O) groups excluding carboxylic acids is 1. The number of aromatic nitrogens is 3. The first kappa shape index (κ1) is 19.4. The van der Waals surface area contributed by atoms with Crippen LogP contribution in [0.1, 0.15) is 24.1 Å². The van der Waals surface area contributed by atoms with Gasteiger partial charge in [0, 0.05) is 28.5 Å². The third kappa shape index (κ3) is 4.12. The third-order valence-corrected chi connectivity index (χ3v) is 4.79. The lowest BCUT2D eigenvalue weighted by Crippen LogP contribution is -2.23. The zero-order valence-electron chi connectivity index (χ0n) is 15.0. The number of hydrogen-bond acceptors (Lipinski definition) is 8. The highest BCUT2D eigenvalue weighted by atomic mass is 32.2. The molecule has 1 N–H and O–H groups in total. The lowest BCUT2D eigenvalue weighted by atomic mass is 10.1. The number of aliphatic carboxylic acids is 1. The van der Waals surface area contributed by atoms with Crippen molar-refractivity contribution in [3.8, 4) is 11.3 Å². The van der Waals surface area contributed by atoms with Crippen molar-refractivity contribution in [1.82, 2.24) is 15.2 Å². The average Bonchev–Trinajstić information content (AvgIpc) is 3.30. The summed E-state index contributed by atoms with van der Waals surface area (Å²) in [5, 5.41) is 29.5. The van der Waals surface area contributed by atoms with E-state index in [2.05, 4.69) is 15.2 Å². The van der Waals surface area contributed by atoms with Crippen molar-refractivity contribution in [2.75, 3.05) is 0 Å². The fourth-order valence-corrected chi connectivity index (χ4v) is 3.20. The molecule has 0 spiro atoms. The molecule has 10 heteroatoms. The normalized spacial score (nSPS) is 11.6. The molecule has 0 aliphatic carbocycles. The Labute approximate surface area is 163 Å². The molecular weight excluding hydrogens is 384 g/mol. The number of carbonyl (C=O) groups is 1. The number of nitrogens with zero attached hydrogens (tertiary/aromatic N) is 3. The van der Waals surface area contributed by atoms with E-state index in [-0.39, 0.29) is 21.5 Å². The molecule has 0 fully saturated rings. The van der Waals surface area contributed by atoms with Crippen molar-refractivity contribution >= 4 is 29.5 Å². The second-order valence-corrected chi connectivity index (χ2v) is 6.73. The van der Waals surface area contributed by atoms with Gasteiger partial charge in [-0.25, -0.2) is 4.98 Å². The molecule has 1 aromatic carbocycles. The molecule has 144 valence electrons. The number of aryl methyl sites for hydroxylation is 1. The summed E-state index contributed by atoms with van der Waals surface area (Å²) in [4.78, 5) is 26.1. The minimum atomic E-state index is -1.39. The van der Waals surface area contributed by atoms with Gasteiger partial charge in [-0.1, -0.05) is 19.1 Å². The van der Waals surface area contributed by atoms with Crippen LogP contribution in [0, 0.1) is 17.0 Å². The molecule has 2 aromatic heterocycles. The van der Waals surface area contributed by atoms with Crippen molar-refractivity contribution in [2.45, 2.75) is 25.4 Å². The minimum Gasteiger partial charge on any atom is -0.544 e. The molecule has 0 aliphatic rings. The van der Waals surface area contributed by atoms with Crippen LogP contribution in [-0.2, 0) is 11.2 Å². The second-order valence-electron chi connectivity index (χ2n) is 5.73. The molecule has 0 bridgehead atoms. The molecule has 3 aromatic rings. The zero-order valence-corrected chi connectivity index (χ0v) is 15.8. The Morgan fingerprint density at radius 2 is 2.14 bits per heavy atom. The van der Waals surface area contributed by atoms with Gasteiger partial charge in [-0.3, -0.25) is 15.2 Å². The summed E-state index contributed by atoms with van der Waals surface area (Å²) in [6.07, 6.45) is 1.94. The maximum absolute atomic E-state index is 11.5. The Morgan fingerprint density at radius 1 is 1.36 bits per heavy atom. The number of benzene rings is 1. The van der Waals surface area contributed by atoms with Gasteiger partial charge in [-0.2, -0.15) is 0 Å². The van der Waals surface area contributed by atoms with Gasteiger partial charge in [0.2, 0.25) is 5.16 Å². The molecule has 0 aliphatic heterocycles. The number of aromatic amines is 1. The molecule has 28 heavy (non-hydrogen) atoms. The molecule has 0 radical (unpaired) electrons. The van der Waals surface area contributed by atoms with Gasteiger partial charge in [0.15, 0.2) is 0 Å². The van der Waals surface area contributed by atoms with E-state index in [9.17, 15) is 20.0 Å². The molecular formula is C18H15N4O5S-. The monoisotopic (exact) mass is 399 g/mol. The lowest BCUT2D eigenvalue weighted by molar-refractivity contribution is -0.385. The summed E-state index contributed by atoms with van der Waals surface area (Å²) in [5.41, 5.74) is 0.992. The Bertz CT molecular complexity index is 1070. The predicted molar refractivity (Wildman–Crippen MR) is 100 cm³/mol. The van der Waals surface area contributed by atoms with Gasteiger partial charge in [-0.15, -0.1) is 5.10 Å². The second kappa shape index (κ2) is 8.09. The number of nitrogens with one attached hydrogen (secondary N) is 1. The SMILES string of the molecule is CCc1nc(S/C(=C/c2ccc(-c3cccc([N+](=O)[O-])c3C)o2)C(=O)[O-])n[nH]1. The molecule has 0 amide bonds. The maximum atomic E-state index is 11.5. The highest BCUT2D eigenvalue weighted by molar-refractivity contribution is 8.04. The zero-order chi connectivity index (χ0) is 20.3. The van der Waals surface area contributed by atoms with E-state index in [0.717, 1.165) is 11.8 Å². The molecule has 0 unspecified atom stereocenters. The van der Waals surface area contributed by atoms with E-state index in [0.29, 0.717) is 29.1 Å². The lowest BCUT2D eigenvalue weighted by Gasteiger charge is -2.05. The van der Waals surface area contributed by atoms with Gasteiger partial charge in [-0.05, 0) is 36.9 Å². The molecule has 0 atom stereocenters. The number of hydrogen-bond donors (Lipinski definition) is 1. The van der Waals surface area contributed by atoms with Crippen LogP contribution in [0.4, 0.5) is 5.69 Å². The van der Waals surface area contributed by atoms with E-state index < -0.39 is 10.9 Å². The molecule has 0 saturated heterocycles. The van der Waals surface area contributed by atoms with E-state index in [1.807, 2.05) is 6.92 Å². The van der Waals surface area contributed by atoms with Gasteiger partial charge in [0.1, 0.15) is 17.3 Å². The van der Waals surface area contributed by atoms with Crippen LogP contribution in [0.5, 0.6) is 0 Å². The van der Waals surface area contributed by atoms with Gasteiger partial charge < -0.3 is 14.3 Å². The summed E-state index contributed by atoms with van der Waals surface area (Å²) < 4.78 is 5.68. The molecule has 2 heterocycles. The Morgan fingerprint density at radius 3 is 2.79 bits per heavy atom. The predicted octanol–water partition coefficient (Wildman–Crippen LogP) is 2.73. The van der Waals surface area contributed by atoms with Crippen LogP contribution in [0.3, 0.4) is 0 Å². The maximum Gasteiger partial charge on any atom is 0.273 e. The first-order chi connectivity index (χ1) is 13.4. The summed E-state index contributed by atoms with van der Waals surface area (Å²) in [6, 6.07) is 7.87. The van der Waals surface area contributed by atoms with E-state index in [1.54, 1.807) is 31.2 Å². The van der Waals surface area contributed by atoms with Gasteiger partial charge in [0.25, 0.3) is 5.69 Å². The number of furan rings is 1. The van der Waals surface area contributed by atoms with Crippen molar-refractivity contribution in [2.24, 2.45) is 0 Å². The van der Waals surface area contributed by atoms with E-state index in [1.165, 1.54) is 12.1 Å². The number of H-pyrrole nitrogens is 1. The Kier molecular flexibility index (Phi) is 5.59. The van der Waals surface area contributed by atoms with Crippen LogP contribution in [-0.4, -0.2) is 26.1 Å². The Balaban J connectivity index is 1.90. The fourth-order valence-electron chi connectivity index (χ4n) is 2.50. The number of thioether (sulfide) groups is 1. The minimum absolute atomic E-state index is 0.0201. The van der Waals surface area contributed by atoms with Crippen LogP contribution in [0.2, 0.25) is 0 Å². The van der Waals surface area contributed by atoms with Crippen molar-refractivity contribution in [3.05, 3.63) is 62.5 Å². The first-order valence-electron chi connectivity index (χ1n) is 8.25. The molecule has 3 rings (SSSR count). The third-order valence-electron chi connectivity index (χ3n) is 3.92. The summed E-state index contributed by atoms with van der Waals surface area (Å²) in [5.74, 6) is -0.0980. The highest BCUT2D eigenvalue weighted by Crippen LogP contribution is 2.32.